The third-order valence-corrected chi connectivity index (χ3v) is 7.96. The molecule has 0 spiro atoms. The van der Waals surface area contributed by atoms with Gasteiger partial charge in [-0.15, -0.1) is 0 Å². The van der Waals surface area contributed by atoms with Gasteiger partial charge < -0.3 is 10.6 Å². The molecule has 9 nitrogen and oxygen atoms in total. The fourth-order valence-electron chi connectivity index (χ4n) is 3.94. The Kier molecular flexibility index (Phi) is 8.78. The van der Waals surface area contributed by atoms with Crippen LogP contribution in [0.5, 0.6) is 0 Å². The summed E-state index contributed by atoms with van der Waals surface area (Å²) in [6, 6.07) is 14.4. The van der Waals surface area contributed by atoms with E-state index in [1.165, 1.54) is 8.61 Å². The molecule has 3 rings (SSSR count). The number of aryl methyl sites for hydroxylation is 1. The molecule has 1 saturated heterocycles. The van der Waals surface area contributed by atoms with Crippen LogP contribution in [-0.4, -0.2) is 79.6 Å². The van der Waals surface area contributed by atoms with Gasteiger partial charge in [-0.1, -0.05) is 38.1 Å². The van der Waals surface area contributed by atoms with Gasteiger partial charge in [0.05, 0.1) is 17.8 Å². The Balaban J connectivity index is 1.57. The molecule has 0 atom stereocenters. The molecule has 1 fully saturated rings. The highest BCUT2D eigenvalue weighted by Crippen LogP contribution is 2.19. The average molecular weight is 488 g/mol. The number of hydrogen-bond acceptors (Lipinski definition) is 5. The minimum absolute atomic E-state index is 0.118. The maximum absolute atomic E-state index is 12.8. The van der Waals surface area contributed by atoms with Gasteiger partial charge in [0.1, 0.15) is 0 Å². The van der Waals surface area contributed by atoms with Crippen LogP contribution in [-0.2, 0) is 15.0 Å². The number of benzene rings is 2. The van der Waals surface area contributed by atoms with Crippen LogP contribution in [0, 0.1) is 6.92 Å². The Morgan fingerprint density at radius 1 is 0.941 bits per heavy atom. The first-order valence-corrected chi connectivity index (χ1v) is 12.9. The molecular formula is C24H33N5O4S. The van der Waals surface area contributed by atoms with E-state index >= 15 is 0 Å². The first-order chi connectivity index (χ1) is 16.2. The van der Waals surface area contributed by atoms with Gasteiger partial charge in [-0.25, -0.2) is 0 Å². The highest BCUT2D eigenvalue weighted by molar-refractivity contribution is 7.86. The molecule has 0 bridgehead atoms. The Bertz CT molecular complexity index is 1110. The van der Waals surface area contributed by atoms with Crippen molar-refractivity contribution in [1.29, 1.82) is 0 Å². The van der Waals surface area contributed by atoms with Crippen LogP contribution in [0.15, 0.2) is 48.5 Å². The van der Waals surface area contributed by atoms with Crippen molar-refractivity contribution in [2.75, 3.05) is 56.4 Å². The van der Waals surface area contributed by atoms with Crippen molar-refractivity contribution >= 4 is 33.4 Å². The maximum Gasteiger partial charge on any atom is 0.282 e. The van der Waals surface area contributed by atoms with E-state index in [1.54, 1.807) is 24.3 Å². The molecule has 2 aromatic carbocycles. The van der Waals surface area contributed by atoms with Crippen molar-refractivity contribution in [3.63, 3.8) is 0 Å². The number of carbonyl (C=O) groups excluding carboxylic acids is 2. The fourth-order valence-corrected chi connectivity index (χ4v) is 5.54. The number of amides is 2. The molecule has 0 aromatic heterocycles. The summed E-state index contributed by atoms with van der Waals surface area (Å²) in [6.07, 6.45) is 0. The Morgan fingerprint density at radius 2 is 1.62 bits per heavy atom. The Labute approximate surface area is 201 Å². The van der Waals surface area contributed by atoms with Crippen LogP contribution in [0.3, 0.4) is 0 Å². The molecule has 1 heterocycles. The zero-order valence-corrected chi connectivity index (χ0v) is 20.8. The molecule has 2 aromatic rings. The van der Waals surface area contributed by atoms with Crippen LogP contribution in [0.1, 0.15) is 29.8 Å². The molecule has 0 radical (unpaired) electrons. The van der Waals surface area contributed by atoms with Crippen LogP contribution in [0.4, 0.5) is 11.4 Å². The molecule has 10 heteroatoms. The zero-order valence-electron chi connectivity index (χ0n) is 20.0. The second kappa shape index (κ2) is 11.6. The topological polar surface area (TPSA) is 102 Å². The number of para-hydroxylation sites is 1. The van der Waals surface area contributed by atoms with E-state index in [9.17, 15) is 18.0 Å². The summed E-state index contributed by atoms with van der Waals surface area (Å²) >= 11 is 0. The lowest BCUT2D eigenvalue weighted by molar-refractivity contribution is -0.117. The molecule has 0 unspecified atom stereocenters. The van der Waals surface area contributed by atoms with Crippen molar-refractivity contribution in [2.45, 2.75) is 20.8 Å². The Morgan fingerprint density at radius 3 is 2.26 bits per heavy atom. The molecule has 184 valence electrons. The molecule has 2 N–H and O–H groups in total. The minimum Gasteiger partial charge on any atom is -0.324 e. The van der Waals surface area contributed by atoms with E-state index in [1.807, 2.05) is 49.9 Å². The third-order valence-electron chi connectivity index (χ3n) is 5.78. The fraction of sp³-hybridized carbons (Fsp3) is 0.417. The number of nitrogens with one attached hydrogen (secondary N) is 2. The summed E-state index contributed by atoms with van der Waals surface area (Å²) in [5.74, 6) is -0.562. The summed E-state index contributed by atoms with van der Waals surface area (Å²) in [5.41, 5.74) is 2.51. The average Bonchev–Trinajstić information content (AvgIpc) is 2.80. The first-order valence-electron chi connectivity index (χ1n) is 11.5. The van der Waals surface area contributed by atoms with Crippen molar-refractivity contribution in [3.8, 4) is 0 Å². The Hall–Kier alpha value is -2.79. The lowest BCUT2D eigenvalue weighted by Gasteiger charge is -2.35. The number of anilines is 2. The summed E-state index contributed by atoms with van der Waals surface area (Å²) in [5, 5.41) is 5.70. The smallest absolute Gasteiger partial charge is 0.282 e. The van der Waals surface area contributed by atoms with E-state index in [0.717, 1.165) is 5.56 Å². The van der Waals surface area contributed by atoms with E-state index in [0.29, 0.717) is 56.2 Å². The summed E-state index contributed by atoms with van der Waals surface area (Å²) in [6.45, 7) is 8.16. The van der Waals surface area contributed by atoms with Gasteiger partial charge in [-0.05, 0) is 36.8 Å². The van der Waals surface area contributed by atoms with E-state index in [2.05, 4.69) is 10.6 Å². The molecule has 1 aliphatic heterocycles. The normalized spacial score (nSPS) is 15.3. The van der Waals surface area contributed by atoms with Gasteiger partial charge in [0.15, 0.2) is 0 Å². The predicted molar refractivity (Wildman–Crippen MR) is 134 cm³/mol. The van der Waals surface area contributed by atoms with Crippen LogP contribution < -0.4 is 10.6 Å². The third kappa shape index (κ3) is 6.41. The highest BCUT2D eigenvalue weighted by Gasteiger charge is 2.31. The number of hydrogen-bond donors (Lipinski definition) is 2. The van der Waals surface area contributed by atoms with Crippen molar-refractivity contribution in [3.05, 3.63) is 59.7 Å². The SMILES string of the molecule is CCN(CC)S(=O)(=O)N1CCN(CC(=O)Nc2ccccc2C(=O)Nc2cccc(C)c2)CC1. The van der Waals surface area contributed by atoms with Gasteiger partial charge in [0, 0.05) is 45.0 Å². The summed E-state index contributed by atoms with van der Waals surface area (Å²) in [4.78, 5) is 27.4. The monoisotopic (exact) mass is 487 g/mol. The predicted octanol–water partition coefficient (Wildman–Crippen LogP) is 2.39. The molecule has 2 amide bonds. The van der Waals surface area contributed by atoms with Gasteiger partial charge in [-0.2, -0.15) is 17.0 Å². The number of rotatable bonds is 9. The molecule has 1 aliphatic rings. The minimum atomic E-state index is -3.47. The van der Waals surface area contributed by atoms with Gasteiger partial charge in [0.2, 0.25) is 5.91 Å². The van der Waals surface area contributed by atoms with Gasteiger partial charge in [-0.3, -0.25) is 14.5 Å². The van der Waals surface area contributed by atoms with Crippen molar-refractivity contribution in [1.82, 2.24) is 13.5 Å². The first kappa shape index (κ1) is 25.8. The molecule has 0 aliphatic carbocycles. The summed E-state index contributed by atoms with van der Waals surface area (Å²) in [7, 11) is -3.47. The largest absolute Gasteiger partial charge is 0.324 e. The van der Waals surface area contributed by atoms with Gasteiger partial charge in [0.25, 0.3) is 16.1 Å². The standard InChI is InChI=1S/C24H33N5O4S/c1-4-28(5-2)34(32,33)29-15-13-27(14-16-29)18-23(30)26-22-12-7-6-11-21(22)24(31)25-20-10-8-9-19(3)17-20/h6-12,17H,4-5,13-16,18H2,1-3H3,(H,25,31)(H,26,30). The van der Waals surface area contributed by atoms with Gasteiger partial charge >= 0.3 is 0 Å². The second-order valence-electron chi connectivity index (χ2n) is 8.18. The van der Waals surface area contributed by atoms with E-state index in [4.69, 9.17) is 0 Å². The second-order valence-corrected chi connectivity index (χ2v) is 10.1. The number of nitrogens with zero attached hydrogens (tertiary/aromatic N) is 3. The molecule has 34 heavy (non-hydrogen) atoms. The lowest BCUT2D eigenvalue weighted by atomic mass is 10.1. The van der Waals surface area contributed by atoms with Crippen LogP contribution in [0.25, 0.3) is 0 Å². The number of carbonyl (C=O) groups is 2. The van der Waals surface area contributed by atoms with Crippen LogP contribution in [0.2, 0.25) is 0 Å². The highest BCUT2D eigenvalue weighted by atomic mass is 32.2. The summed E-state index contributed by atoms with van der Waals surface area (Å²) < 4.78 is 28.3. The van der Waals surface area contributed by atoms with E-state index < -0.39 is 10.2 Å². The maximum atomic E-state index is 12.8. The quantitative estimate of drug-likeness (QED) is 0.566. The number of piperazine rings is 1. The molecule has 0 saturated carbocycles. The zero-order chi connectivity index (χ0) is 24.7. The lowest BCUT2D eigenvalue weighted by Crippen LogP contribution is -2.54. The van der Waals surface area contributed by atoms with Crippen molar-refractivity contribution < 1.29 is 18.0 Å². The van der Waals surface area contributed by atoms with Crippen LogP contribution >= 0.6 is 0 Å². The van der Waals surface area contributed by atoms with Crippen molar-refractivity contribution in [2.24, 2.45) is 0 Å². The van der Waals surface area contributed by atoms with E-state index in [-0.39, 0.29) is 18.4 Å². The molecular weight excluding hydrogens is 454 g/mol.